The summed E-state index contributed by atoms with van der Waals surface area (Å²) in [6.45, 7) is 8.42. The van der Waals surface area contributed by atoms with Crippen LogP contribution in [0.5, 0.6) is 0 Å². The van der Waals surface area contributed by atoms with Crippen LogP contribution in [0.4, 0.5) is 0 Å². The number of thiophene rings is 1. The number of hydrogen-bond acceptors (Lipinski definition) is 5. The van der Waals surface area contributed by atoms with E-state index >= 15 is 0 Å². The molecule has 0 spiro atoms. The van der Waals surface area contributed by atoms with Crippen molar-refractivity contribution in [3.05, 3.63) is 22.6 Å². The zero-order valence-electron chi connectivity index (χ0n) is 11.0. The van der Waals surface area contributed by atoms with Crippen LogP contribution in [0.2, 0.25) is 0 Å². The van der Waals surface area contributed by atoms with Gasteiger partial charge in [-0.2, -0.15) is 0 Å². The summed E-state index contributed by atoms with van der Waals surface area (Å²) >= 11 is 3.27. The molecule has 18 heavy (non-hydrogen) atoms. The maximum Gasteiger partial charge on any atom is 0.160 e. The molecule has 0 unspecified atom stereocenters. The molecule has 0 amide bonds. The van der Waals surface area contributed by atoms with Gasteiger partial charge in [-0.15, -0.1) is 23.1 Å². The van der Waals surface area contributed by atoms with E-state index in [-0.39, 0.29) is 0 Å². The normalized spacial score (nSPS) is 13.6. The van der Waals surface area contributed by atoms with Gasteiger partial charge in [-0.05, 0) is 24.3 Å². The first-order chi connectivity index (χ1) is 8.69. The lowest BCUT2D eigenvalue weighted by molar-refractivity contribution is 0.112. The van der Waals surface area contributed by atoms with Gasteiger partial charge in [-0.3, -0.25) is 4.79 Å². The SMILES string of the molecule is C=C1CNCc2c(C=O)sc(SC)c21.CCOC. The molecular weight excluding hydrogens is 266 g/mol. The van der Waals surface area contributed by atoms with Crippen molar-refractivity contribution in [1.29, 1.82) is 0 Å². The highest BCUT2D eigenvalue weighted by Crippen LogP contribution is 2.39. The van der Waals surface area contributed by atoms with E-state index in [4.69, 9.17) is 0 Å². The fourth-order valence-corrected chi connectivity index (χ4v) is 3.65. The number of methoxy groups -OCH3 is 1. The zero-order valence-corrected chi connectivity index (χ0v) is 12.7. The van der Waals surface area contributed by atoms with E-state index < -0.39 is 0 Å². The van der Waals surface area contributed by atoms with E-state index in [0.717, 1.165) is 42.0 Å². The van der Waals surface area contributed by atoms with Gasteiger partial charge in [0.2, 0.25) is 0 Å². The molecule has 0 atom stereocenters. The monoisotopic (exact) mass is 285 g/mol. The van der Waals surface area contributed by atoms with Gasteiger partial charge in [0.15, 0.2) is 6.29 Å². The first-order valence-electron chi connectivity index (χ1n) is 5.72. The second-order valence-corrected chi connectivity index (χ2v) is 5.84. The molecule has 0 saturated heterocycles. The van der Waals surface area contributed by atoms with Gasteiger partial charge in [-0.1, -0.05) is 6.58 Å². The predicted molar refractivity (Wildman–Crippen MR) is 79.8 cm³/mol. The molecule has 0 fully saturated rings. The molecule has 1 aliphatic rings. The van der Waals surface area contributed by atoms with E-state index in [9.17, 15) is 4.79 Å². The van der Waals surface area contributed by atoms with E-state index in [1.807, 2.05) is 13.2 Å². The standard InChI is InChI=1S/C10H11NOS2.C3H8O/c1-6-3-11-4-7-8(5-12)14-10(13-2)9(6)7;1-3-4-2/h5,11H,1,3-4H2,2H3;3H2,1-2H3. The molecule has 0 saturated carbocycles. The van der Waals surface area contributed by atoms with Crippen molar-refractivity contribution in [3.63, 3.8) is 0 Å². The molecule has 1 N–H and O–H groups in total. The first kappa shape index (κ1) is 15.4. The van der Waals surface area contributed by atoms with Crippen LogP contribution in [0.1, 0.15) is 27.7 Å². The minimum absolute atomic E-state index is 0.791. The molecule has 3 nitrogen and oxygen atoms in total. The topological polar surface area (TPSA) is 38.3 Å². The van der Waals surface area contributed by atoms with Crippen LogP contribution < -0.4 is 5.32 Å². The van der Waals surface area contributed by atoms with E-state index in [1.165, 1.54) is 9.77 Å². The summed E-state index contributed by atoms with van der Waals surface area (Å²) in [6.07, 6.45) is 2.99. The Morgan fingerprint density at radius 2 is 2.22 bits per heavy atom. The van der Waals surface area contributed by atoms with Gasteiger partial charge in [0.25, 0.3) is 0 Å². The third-order valence-electron chi connectivity index (χ3n) is 2.58. The lowest BCUT2D eigenvalue weighted by Crippen LogP contribution is -2.22. The lowest BCUT2D eigenvalue weighted by Gasteiger charge is -2.17. The number of ether oxygens (including phenoxy) is 1. The number of aldehydes is 1. The Balaban J connectivity index is 0.000000357. The van der Waals surface area contributed by atoms with Crippen molar-refractivity contribution in [2.45, 2.75) is 17.7 Å². The van der Waals surface area contributed by atoms with Crippen LogP contribution in [0.15, 0.2) is 10.8 Å². The largest absolute Gasteiger partial charge is 0.385 e. The fraction of sp³-hybridized carbons (Fsp3) is 0.462. The Hall–Kier alpha value is -0.620. The molecule has 0 aliphatic carbocycles. The van der Waals surface area contributed by atoms with Gasteiger partial charge in [0, 0.05) is 32.4 Å². The van der Waals surface area contributed by atoms with Crippen LogP contribution in [-0.4, -0.2) is 32.8 Å². The second kappa shape index (κ2) is 7.74. The van der Waals surface area contributed by atoms with Crippen molar-refractivity contribution in [2.24, 2.45) is 0 Å². The highest BCUT2D eigenvalue weighted by atomic mass is 32.2. The highest BCUT2D eigenvalue weighted by molar-refractivity contribution is 8.00. The number of carbonyl (C=O) groups is 1. The van der Waals surface area contributed by atoms with Crippen LogP contribution in [0.3, 0.4) is 0 Å². The molecule has 2 rings (SSSR count). The number of rotatable bonds is 3. The zero-order chi connectivity index (χ0) is 13.5. The Morgan fingerprint density at radius 1 is 1.56 bits per heavy atom. The predicted octanol–water partition coefficient (Wildman–Crippen LogP) is 3.05. The number of fused-ring (bicyclic) bond motifs is 1. The molecule has 0 radical (unpaired) electrons. The van der Waals surface area contributed by atoms with Crippen LogP contribution in [0.25, 0.3) is 5.57 Å². The number of nitrogens with one attached hydrogen (secondary N) is 1. The van der Waals surface area contributed by atoms with Crippen molar-refractivity contribution in [1.82, 2.24) is 5.32 Å². The summed E-state index contributed by atoms with van der Waals surface area (Å²) < 4.78 is 5.76. The van der Waals surface area contributed by atoms with E-state index in [0.29, 0.717) is 0 Å². The molecule has 2 heterocycles. The third kappa shape index (κ3) is 3.45. The molecule has 1 aliphatic heterocycles. The number of carbonyl (C=O) groups excluding carboxylic acids is 1. The van der Waals surface area contributed by atoms with Crippen LogP contribution in [-0.2, 0) is 11.3 Å². The minimum atomic E-state index is 0.791. The Bertz CT molecular complexity index is 425. The highest BCUT2D eigenvalue weighted by Gasteiger charge is 2.22. The summed E-state index contributed by atoms with van der Waals surface area (Å²) in [7, 11) is 1.68. The summed E-state index contributed by atoms with van der Waals surface area (Å²) in [5.41, 5.74) is 3.44. The maximum absolute atomic E-state index is 10.9. The minimum Gasteiger partial charge on any atom is -0.385 e. The first-order valence-corrected chi connectivity index (χ1v) is 7.76. The van der Waals surface area contributed by atoms with Gasteiger partial charge >= 0.3 is 0 Å². The molecular formula is C13H19NO2S2. The van der Waals surface area contributed by atoms with Crippen LogP contribution >= 0.6 is 23.1 Å². The Labute approximate surface area is 117 Å². The summed E-state index contributed by atoms with van der Waals surface area (Å²) in [4.78, 5) is 11.7. The third-order valence-corrected chi connectivity index (χ3v) is 4.86. The molecule has 1 aromatic heterocycles. The van der Waals surface area contributed by atoms with Gasteiger partial charge < -0.3 is 10.1 Å². The lowest BCUT2D eigenvalue weighted by atomic mass is 10.0. The summed E-state index contributed by atoms with van der Waals surface area (Å²) in [6, 6.07) is 0. The second-order valence-electron chi connectivity index (χ2n) is 3.71. The molecule has 1 aromatic rings. The number of hydrogen-bond donors (Lipinski definition) is 1. The van der Waals surface area contributed by atoms with Crippen LogP contribution in [0, 0.1) is 0 Å². The molecule has 0 aromatic carbocycles. The molecule has 5 heteroatoms. The van der Waals surface area contributed by atoms with Crippen molar-refractivity contribution in [2.75, 3.05) is 26.5 Å². The van der Waals surface area contributed by atoms with Gasteiger partial charge in [0.1, 0.15) is 0 Å². The van der Waals surface area contributed by atoms with E-state index in [1.54, 1.807) is 30.2 Å². The van der Waals surface area contributed by atoms with Crippen molar-refractivity contribution < 1.29 is 9.53 Å². The maximum atomic E-state index is 10.9. The molecule has 100 valence electrons. The summed E-state index contributed by atoms with van der Waals surface area (Å²) in [5, 5.41) is 3.24. The Kier molecular flexibility index (Phi) is 6.63. The summed E-state index contributed by atoms with van der Waals surface area (Å²) in [5.74, 6) is 0. The van der Waals surface area contributed by atoms with Gasteiger partial charge in [0.05, 0.1) is 9.09 Å². The van der Waals surface area contributed by atoms with E-state index in [2.05, 4.69) is 16.6 Å². The fourth-order valence-electron chi connectivity index (χ4n) is 1.66. The van der Waals surface area contributed by atoms with Gasteiger partial charge in [-0.25, -0.2) is 0 Å². The Morgan fingerprint density at radius 3 is 2.72 bits per heavy atom. The quantitative estimate of drug-likeness (QED) is 0.684. The molecule has 0 bridgehead atoms. The number of thioether (sulfide) groups is 1. The van der Waals surface area contributed by atoms with Crippen molar-refractivity contribution >= 4 is 35.0 Å². The smallest absolute Gasteiger partial charge is 0.160 e. The average Bonchev–Trinajstić information content (AvgIpc) is 2.78. The average molecular weight is 285 g/mol. The van der Waals surface area contributed by atoms with Crippen molar-refractivity contribution in [3.8, 4) is 0 Å².